The van der Waals surface area contributed by atoms with Crippen LogP contribution in [0.15, 0.2) is 37.0 Å². The van der Waals surface area contributed by atoms with Gasteiger partial charge in [-0.1, -0.05) is 24.2 Å². The number of sulfonamides is 1. The predicted octanol–water partition coefficient (Wildman–Crippen LogP) is 2.81. The number of hydrogen-bond donors (Lipinski definition) is 0. The zero-order valence-corrected chi connectivity index (χ0v) is 15.7. The molecule has 8 nitrogen and oxygen atoms in total. The molecule has 0 aliphatic carbocycles. The van der Waals surface area contributed by atoms with Crippen molar-refractivity contribution in [3.8, 4) is 11.3 Å². The Morgan fingerprint density at radius 1 is 1.32 bits per heavy atom. The van der Waals surface area contributed by atoms with Crippen LogP contribution in [0.3, 0.4) is 0 Å². The predicted molar refractivity (Wildman–Crippen MR) is 91.3 cm³/mol. The van der Waals surface area contributed by atoms with Gasteiger partial charge in [0.1, 0.15) is 4.21 Å². The number of aromatic nitrogens is 3. The van der Waals surface area contributed by atoms with Crippen molar-refractivity contribution in [3.05, 3.63) is 35.4 Å². The third kappa shape index (κ3) is 3.97. The highest BCUT2D eigenvalue weighted by molar-refractivity contribution is 7.91. The minimum Gasteiger partial charge on any atom is -0.356 e. The molecular weight excluding hydrogens is 364 g/mol. The quantitative estimate of drug-likeness (QED) is 0.619. The van der Waals surface area contributed by atoms with Gasteiger partial charge in [0.2, 0.25) is 5.89 Å². The van der Waals surface area contributed by atoms with E-state index in [-0.39, 0.29) is 10.8 Å². The van der Waals surface area contributed by atoms with E-state index < -0.39 is 10.0 Å². The molecule has 0 amide bonds. The molecule has 0 bridgehead atoms. The van der Waals surface area contributed by atoms with Crippen LogP contribution in [0.25, 0.3) is 11.3 Å². The van der Waals surface area contributed by atoms with E-state index in [4.69, 9.17) is 9.05 Å². The fourth-order valence-electron chi connectivity index (χ4n) is 2.17. The lowest BCUT2D eigenvalue weighted by atomic mass is 10.1. The van der Waals surface area contributed by atoms with Crippen LogP contribution in [-0.2, 0) is 23.0 Å². The number of rotatable bonds is 7. The summed E-state index contributed by atoms with van der Waals surface area (Å²) in [5.74, 6) is 1.76. The summed E-state index contributed by atoms with van der Waals surface area (Å²) in [4.78, 5) is 4.24. The van der Waals surface area contributed by atoms with Gasteiger partial charge in [0, 0.05) is 30.5 Å². The third-order valence-electron chi connectivity index (χ3n) is 3.42. The molecule has 3 aromatic heterocycles. The van der Waals surface area contributed by atoms with Crippen LogP contribution in [0.1, 0.15) is 25.6 Å². The van der Waals surface area contributed by atoms with E-state index in [0.29, 0.717) is 35.4 Å². The fraction of sp³-hybridized carbons (Fsp3) is 0.400. The first-order chi connectivity index (χ1) is 11.9. The van der Waals surface area contributed by atoms with E-state index >= 15 is 0 Å². The number of nitrogens with zero attached hydrogens (tertiary/aromatic N) is 4. The molecule has 0 N–H and O–H groups in total. The Balaban J connectivity index is 1.74. The van der Waals surface area contributed by atoms with E-state index in [1.165, 1.54) is 17.5 Å². The maximum absolute atomic E-state index is 12.7. The monoisotopic (exact) mass is 382 g/mol. The standard InChI is InChI=1S/C15H18N4O4S2/c1-10(2)6-14-17-13(18-23-14)8-19(3)25(20,21)15-7-11(9-24-15)12-4-5-16-22-12/h4-5,7,9-10H,6,8H2,1-3H3. The summed E-state index contributed by atoms with van der Waals surface area (Å²) in [5, 5.41) is 9.20. The highest BCUT2D eigenvalue weighted by Gasteiger charge is 2.25. The Labute approximate surface area is 149 Å². The maximum Gasteiger partial charge on any atom is 0.252 e. The molecule has 10 heteroatoms. The summed E-state index contributed by atoms with van der Waals surface area (Å²) in [6, 6.07) is 3.25. The van der Waals surface area contributed by atoms with Gasteiger partial charge >= 0.3 is 0 Å². The summed E-state index contributed by atoms with van der Waals surface area (Å²) >= 11 is 1.13. The molecule has 0 saturated carbocycles. The van der Waals surface area contributed by atoms with Crippen molar-refractivity contribution >= 4 is 21.4 Å². The van der Waals surface area contributed by atoms with Gasteiger partial charge in [0.15, 0.2) is 11.6 Å². The van der Waals surface area contributed by atoms with Crippen LogP contribution in [0.5, 0.6) is 0 Å². The van der Waals surface area contributed by atoms with Crippen LogP contribution >= 0.6 is 11.3 Å². The van der Waals surface area contributed by atoms with Crippen molar-refractivity contribution < 1.29 is 17.5 Å². The van der Waals surface area contributed by atoms with E-state index in [1.54, 1.807) is 17.5 Å². The smallest absolute Gasteiger partial charge is 0.252 e. The molecule has 0 atom stereocenters. The van der Waals surface area contributed by atoms with Gasteiger partial charge < -0.3 is 9.05 Å². The van der Waals surface area contributed by atoms with E-state index in [1.807, 2.05) is 13.8 Å². The molecule has 134 valence electrons. The SMILES string of the molecule is CC(C)Cc1nc(CN(C)S(=O)(=O)c2cc(-c3ccno3)cs2)no1. The Bertz CT molecular complexity index is 929. The fourth-order valence-corrected chi connectivity index (χ4v) is 4.67. The molecule has 0 saturated heterocycles. The molecule has 0 fully saturated rings. The van der Waals surface area contributed by atoms with Gasteiger partial charge in [0.05, 0.1) is 12.7 Å². The molecule has 3 heterocycles. The Morgan fingerprint density at radius 3 is 2.80 bits per heavy atom. The number of hydrogen-bond acceptors (Lipinski definition) is 8. The molecular formula is C15H18N4O4S2. The topological polar surface area (TPSA) is 102 Å². The minimum atomic E-state index is -3.65. The van der Waals surface area contributed by atoms with Crippen LogP contribution in [0, 0.1) is 5.92 Å². The Hall–Kier alpha value is -2.04. The van der Waals surface area contributed by atoms with Gasteiger partial charge in [-0.25, -0.2) is 8.42 Å². The van der Waals surface area contributed by atoms with Crippen LogP contribution < -0.4 is 0 Å². The normalized spacial score (nSPS) is 12.4. The molecule has 3 aromatic rings. The van der Waals surface area contributed by atoms with E-state index in [2.05, 4.69) is 15.3 Å². The maximum atomic E-state index is 12.7. The lowest BCUT2D eigenvalue weighted by Crippen LogP contribution is -2.26. The van der Waals surface area contributed by atoms with Gasteiger partial charge in [-0.15, -0.1) is 11.3 Å². The zero-order chi connectivity index (χ0) is 18.0. The largest absolute Gasteiger partial charge is 0.356 e. The van der Waals surface area contributed by atoms with Gasteiger partial charge in [0.25, 0.3) is 10.0 Å². The first kappa shape index (κ1) is 17.8. The van der Waals surface area contributed by atoms with Crippen molar-refractivity contribution in [1.29, 1.82) is 0 Å². The molecule has 0 radical (unpaired) electrons. The Morgan fingerprint density at radius 2 is 2.12 bits per heavy atom. The molecule has 0 aliphatic heterocycles. The van der Waals surface area contributed by atoms with Crippen LogP contribution in [-0.4, -0.2) is 35.1 Å². The molecule has 25 heavy (non-hydrogen) atoms. The first-order valence-electron chi connectivity index (χ1n) is 7.63. The summed E-state index contributed by atoms with van der Waals surface area (Å²) in [6.45, 7) is 4.13. The van der Waals surface area contributed by atoms with Gasteiger partial charge in [-0.05, 0) is 12.0 Å². The van der Waals surface area contributed by atoms with Crippen molar-refractivity contribution in [1.82, 2.24) is 19.6 Å². The Kier molecular flexibility index (Phi) is 5.02. The summed E-state index contributed by atoms with van der Waals surface area (Å²) < 4.78 is 37.0. The van der Waals surface area contributed by atoms with Gasteiger partial charge in [-0.3, -0.25) is 0 Å². The molecule has 3 rings (SSSR count). The lowest BCUT2D eigenvalue weighted by molar-refractivity contribution is 0.353. The summed E-state index contributed by atoms with van der Waals surface area (Å²) in [7, 11) is -2.17. The van der Waals surface area contributed by atoms with Crippen molar-refractivity contribution in [2.45, 2.75) is 31.0 Å². The average molecular weight is 382 g/mol. The highest BCUT2D eigenvalue weighted by Crippen LogP contribution is 2.30. The van der Waals surface area contributed by atoms with E-state index in [9.17, 15) is 8.42 Å². The lowest BCUT2D eigenvalue weighted by Gasteiger charge is -2.13. The van der Waals surface area contributed by atoms with Crippen LogP contribution in [0.2, 0.25) is 0 Å². The number of thiophene rings is 1. The van der Waals surface area contributed by atoms with Crippen LogP contribution in [0.4, 0.5) is 0 Å². The molecule has 0 spiro atoms. The second-order valence-corrected chi connectivity index (χ2v) is 9.18. The average Bonchev–Trinajstić information content (AvgIpc) is 3.27. The third-order valence-corrected chi connectivity index (χ3v) is 6.64. The molecule has 0 unspecified atom stereocenters. The highest BCUT2D eigenvalue weighted by atomic mass is 32.2. The van der Waals surface area contributed by atoms with Gasteiger partial charge in [-0.2, -0.15) is 9.29 Å². The summed E-state index contributed by atoms with van der Waals surface area (Å²) in [6.07, 6.45) is 2.17. The van der Waals surface area contributed by atoms with E-state index in [0.717, 1.165) is 11.3 Å². The minimum absolute atomic E-state index is 0.0411. The molecule has 0 aliphatic rings. The second kappa shape index (κ2) is 7.06. The molecule has 0 aromatic carbocycles. The first-order valence-corrected chi connectivity index (χ1v) is 9.95. The summed E-state index contributed by atoms with van der Waals surface area (Å²) in [5.41, 5.74) is 0.674. The van der Waals surface area contributed by atoms with Crippen molar-refractivity contribution in [2.75, 3.05) is 7.05 Å². The van der Waals surface area contributed by atoms with Crippen molar-refractivity contribution in [3.63, 3.8) is 0 Å². The zero-order valence-electron chi connectivity index (χ0n) is 14.0. The second-order valence-electron chi connectivity index (χ2n) is 5.99. The van der Waals surface area contributed by atoms with Crippen molar-refractivity contribution in [2.24, 2.45) is 5.92 Å².